The molecule has 0 radical (unpaired) electrons. The second-order valence-electron chi connectivity index (χ2n) is 4.32. The van der Waals surface area contributed by atoms with Crippen molar-refractivity contribution in [1.82, 2.24) is 5.32 Å². The van der Waals surface area contributed by atoms with E-state index >= 15 is 0 Å². The molecule has 0 saturated heterocycles. The fraction of sp³-hybridized carbons (Fsp3) is 0.538. The van der Waals surface area contributed by atoms with Gasteiger partial charge in [-0.1, -0.05) is 0 Å². The van der Waals surface area contributed by atoms with E-state index < -0.39 is 9.84 Å². The lowest BCUT2D eigenvalue weighted by Gasteiger charge is -2.15. The summed E-state index contributed by atoms with van der Waals surface area (Å²) >= 11 is 0. The Kier molecular flexibility index (Phi) is 6.09. The van der Waals surface area contributed by atoms with Crippen LogP contribution in [-0.4, -0.2) is 48.3 Å². The highest BCUT2D eigenvalue weighted by Crippen LogP contribution is 2.33. The van der Waals surface area contributed by atoms with E-state index in [1.54, 1.807) is 33.5 Å². The SMILES string of the molecule is COc1cc(OC)c(CNCCS(C)(=O)=O)c(OC)c1. The first kappa shape index (κ1) is 16.6. The smallest absolute Gasteiger partial charge is 0.148 e. The molecule has 0 aliphatic heterocycles. The van der Waals surface area contributed by atoms with E-state index in [-0.39, 0.29) is 5.75 Å². The van der Waals surface area contributed by atoms with E-state index in [0.717, 1.165) is 5.56 Å². The van der Waals surface area contributed by atoms with Crippen LogP contribution >= 0.6 is 0 Å². The summed E-state index contributed by atoms with van der Waals surface area (Å²) in [5.74, 6) is 1.99. The minimum atomic E-state index is -2.97. The summed E-state index contributed by atoms with van der Waals surface area (Å²) in [7, 11) is 1.73. The maximum absolute atomic E-state index is 11.1. The van der Waals surface area contributed by atoms with Crippen molar-refractivity contribution in [3.05, 3.63) is 17.7 Å². The number of hydrogen-bond donors (Lipinski definition) is 1. The van der Waals surface area contributed by atoms with E-state index in [0.29, 0.717) is 30.3 Å². The van der Waals surface area contributed by atoms with Gasteiger partial charge in [0.25, 0.3) is 0 Å². The summed E-state index contributed by atoms with van der Waals surface area (Å²) in [5.41, 5.74) is 0.823. The summed E-state index contributed by atoms with van der Waals surface area (Å²) in [6.45, 7) is 0.822. The average molecular weight is 303 g/mol. The predicted molar refractivity (Wildman–Crippen MR) is 77.5 cm³/mol. The van der Waals surface area contributed by atoms with Crippen molar-refractivity contribution < 1.29 is 22.6 Å². The summed E-state index contributed by atoms with van der Waals surface area (Å²) in [5, 5.41) is 3.07. The molecule has 0 aromatic heterocycles. The molecule has 1 aromatic rings. The normalized spacial score (nSPS) is 11.2. The number of nitrogens with one attached hydrogen (secondary N) is 1. The minimum absolute atomic E-state index is 0.0911. The van der Waals surface area contributed by atoms with Gasteiger partial charge >= 0.3 is 0 Å². The Balaban J connectivity index is 2.82. The molecule has 1 rings (SSSR count). The molecule has 114 valence electrons. The lowest BCUT2D eigenvalue weighted by molar-refractivity contribution is 0.367. The molecule has 0 spiro atoms. The van der Waals surface area contributed by atoms with Crippen molar-refractivity contribution in [2.24, 2.45) is 0 Å². The van der Waals surface area contributed by atoms with Crippen LogP contribution in [0.4, 0.5) is 0 Å². The topological polar surface area (TPSA) is 73.9 Å². The van der Waals surface area contributed by atoms with Crippen molar-refractivity contribution in [3.63, 3.8) is 0 Å². The number of rotatable bonds is 8. The lowest BCUT2D eigenvalue weighted by atomic mass is 10.1. The summed E-state index contributed by atoms with van der Waals surface area (Å²) in [6.07, 6.45) is 1.21. The van der Waals surface area contributed by atoms with Crippen LogP contribution in [0.2, 0.25) is 0 Å². The Labute approximate surface area is 120 Å². The van der Waals surface area contributed by atoms with Crippen LogP contribution in [0.15, 0.2) is 12.1 Å². The van der Waals surface area contributed by atoms with Gasteiger partial charge in [-0.05, 0) is 0 Å². The maximum atomic E-state index is 11.1. The van der Waals surface area contributed by atoms with E-state index in [1.165, 1.54) is 6.26 Å². The molecule has 7 heteroatoms. The summed E-state index contributed by atoms with van der Waals surface area (Å²) in [6, 6.07) is 3.52. The van der Waals surface area contributed by atoms with Crippen LogP contribution in [0.1, 0.15) is 5.56 Å². The maximum Gasteiger partial charge on any atom is 0.148 e. The van der Waals surface area contributed by atoms with E-state index in [1.807, 2.05) is 0 Å². The zero-order valence-corrected chi connectivity index (χ0v) is 13.0. The third-order valence-electron chi connectivity index (χ3n) is 2.77. The third kappa shape index (κ3) is 4.90. The lowest BCUT2D eigenvalue weighted by Crippen LogP contribution is -2.22. The van der Waals surface area contributed by atoms with Crippen LogP contribution < -0.4 is 19.5 Å². The standard InChI is InChI=1S/C13H21NO5S/c1-17-10-7-12(18-2)11(13(8-10)19-3)9-14-5-6-20(4,15)16/h7-8,14H,5-6,9H2,1-4H3. The first-order chi connectivity index (χ1) is 9.41. The van der Waals surface area contributed by atoms with Gasteiger partial charge in [-0.15, -0.1) is 0 Å². The fourth-order valence-electron chi connectivity index (χ4n) is 1.72. The largest absolute Gasteiger partial charge is 0.496 e. The van der Waals surface area contributed by atoms with Crippen molar-refractivity contribution in [2.75, 3.05) is 39.9 Å². The quantitative estimate of drug-likeness (QED) is 0.718. The number of sulfone groups is 1. The Morgan fingerprint density at radius 1 is 1.05 bits per heavy atom. The highest BCUT2D eigenvalue weighted by Gasteiger charge is 2.13. The molecule has 0 heterocycles. The molecule has 0 bridgehead atoms. The first-order valence-corrected chi connectivity index (χ1v) is 8.14. The van der Waals surface area contributed by atoms with Gasteiger partial charge in [-0.3, -0.25) is 0 Å². The molecule has 1 N–H and O–H groups in total. The van der Waals surface area contributed by atoms with Crippen molar-refractivity contribution in [3.8, 4) is 17.2 Å². The average Bonchev–Trinajstić information content (AvgIpc) is 2.41. The number of benzene rings is 1. The van der Waals surface area contributed by atoms with Crippen molar-refractivity contribution >= 4 is 9.84 Å². The molecule has 0 aliphatic carbocycles. The molecule has 20 heavy (non-hydrogen) atoms. The van der Waals surface area contributed by atoms with Gasteiger partial charge in [0.15, 0.2) is 0 Å². The van der Waals surface area contributed by atoms with Crippen LogP contribution in [-0.2, 0) is 16.4 Å². The summed E-state index contributed by atoms with van der Waals surface area (Å²) in [4.78, 5) is 0. The van der Waals surface area contributed by atoms with Crippen LogP contribution in [0.25, 0.3) is 0 Å². The van der Waals surface area contributed by atoms with Gasteiger partial charge in [0.05, 0.1) is 32.6 Å². The Morgan fingerprint density at radius 2 is 1.60 bits per heavy atom. The number of ether oxygens (including phenoxy) is 3. The molecular formula is C13H21NO5S. The molecule has 0 amide bonds. The van der Waals surface area contributed by atoms with Gasteiger partial charge in [0.1, 0.15) is 27.1 Å². The zero-order chi connectivity index (χ0) is 15.2. The second-order valence-corrected chi connectivity index (χ2v) is 6.58. The van der Waals surface area contributed by atoms with Crippen molar-refractivity contribution in [2.45, 2.75) is 6.54 Å². The minimum Gasteiger partial charge on any atom is -0.496 e. The van der Waals surface area contributed by atoms with Crippen LogP contribution in [0, 0.1) is 0 Å². The van der Waals surface area contributed by atoms with Gasteiger partial charge in [0, 0.05) is 31.5 Å². The number of hydrogen-bond acceptors (Lipinski definition) is 6. The van der Waals surface area contributed by atoms with Crippen LogP contribution in [0.5, 0.6) is 17.2 Å². The monoisotopic (exact) mass is 303 g/mol. The molecule has 6 nitrogen and oxygen atoms in total. The zero-order valence-electron chi connectivity index (χ0n) is 12.2. The molecule has 0 atom stereocenters. The molecular weight excluding hydrogens is 282 g/mol. The molecule has 0 fully saturated rings. The molecule has 0 unspecified atom stereocenters. The van der Waals surface area contributed by atoms with Gasteiger partial charge in [0.2, 0.25) is 0 Å². The van der Waals surface area contributed by atoms with Crippen LogP contribution in [0.3, 0.4) is 0 Å². The van der Waals surface area contributed by atoms with E-state index in [2.05, 4.69) is 5.32 Å². The third-order valence-corrected chi connectivity index (χ3v) is 3.71. The first-order valence-electron chi connectivity index (χ1n) is 6.08. The molecule has 1 aromatic carbocycles. The van der Waals surface area contributed by atoms with E-state index in [9.17, 15) is 8.42 Å². The number of methoxy groups -OCH3 is 3. The van der Waals surface area contributed by atoms with E-state index in [4.69, 9.17) is 14.2 Å². The molecule has 0 aliphatic rings. The van der Waals surface area contributed by atoms with Gasteiger partial charge in [-0.2, -0.15) is 0 Å². The Bertz CT molecular complexity index is 517. The Morgan fingerprint density at radius 3 is 2.00 bits per heavy atom. The Hall–Kier alpha value is -1.47. The summed E-state index contributed by atoms with van der Waals surface area (Å²) < 4.78 is 37.9. The molecule has 0 saturated carbocycles. The highest BCUT2D eigenvalue weighted by molar-refractivity contribution is 7.90. The van der Waals surface area contributed by atoms with Gasteiger partial charge < -0.3 is 19.5 Å². The predicted octanol–water partition coefficient (Wildman–Crippen LogP) is 0.847. The highest BCUT2D eigenvalue weighted by atomic mass is 32.2. The fourth-order valence-corrected chi connectivity index (χ4v) is 2.24. The second kappa shape index (κ2) is 7.35. The van der Waals surface area contributed by atoms with Crippen molar-refractivity contribution in [1.29, 1.82) is 0 Å². The van der Waals surface area contributed by atoms with Gasteiger partial charge in [-0.25, -0.2) is 8.42 Å².